The van der Waals surface area contributed by atoms with Crippen LogP contribution in [0.4, 0.5) is 5.69 Å². The van der Waals surface area contributed by atoms with Crippen molar-refractivity contribution in [3.05, 3.63) is 24.0 Å². The molecule has 0 saturated heterocycles. The molecule has 1 unspecified atom stereocenters. The maximum absolute atomic E-state index is 11.1. The van der Waals surface area contributed by atoms with Crippen molar-refractivity contribution in [2.24, 2.45) is 5.73 Å². The fraction of sp³-hybridized carbons (Fsp3) is 0.455. The van der Waals surface area contributed by atoms with Crippen LogP contribution >= 0.6 is 0 Å². The second-order valence-electron chi connectivity index (χ2n) is 3.99. The van der Waals surface area contributed by atoms with Crippen molar-refractivity contribution in [3.63, 3.8) is 0 Å². The molecule has 5 nitrogen and oxygen atoms in total. The fourth-order valence-corrected chi connectivity index (χ4v) is 1.16. The van der Waals surface area contributed by atoms with Gasteiger partial charge in [0.25, 0.3) is 5.91 Å². The number of pyridine rings is 1. The molecule has 0 aliphatic carbocycles. The number of hydrogen-bond donors (Lipinski definition) is 3. The van der Waals surface area contributed by atoms with Crippen LogP contribution in [0.1, 0.15) is 30.6 Å². The SMILES string of the molecule is CCC(C)(O)CNc1ccncc1C(N)=O. The van der Waals surface area contributed by atoms with Crippen molar-refractivity contribution in [1.29, 1.82) is 0 Å². The second-order valence-corrected chi connectivity index (χ2v) is 3.99. The van der Waals surface area contributed by atoms with Crippen molar-refractivity contribution in [2.45, 2.75) is 25.9 Å². The Bertz CT molecular complexity index is 377. The number of carbonyl (C=O) groups excluding carboxylic acids is 1. The van der Waals surface area contributed by atoms with Crippen LogP contribution < -0.4 is 11.1 Å². The molecule has 0 saturated carbocycles. The summed E-state index contributed by atoms with van der Waals surface area (Å²) in [5.41, 5.74) is 5.32. The summed E-state index contributed by atoms with van der Waals surface area (Å²) < 4.78 is 0. The molecule has 1 aromatic rings. The normalized spacial score (nSPS) is 14.2. The zero-order valence-corrected chi connectivity index (χ0v) is 9.53. The van der Waals surface area contributed by atoms with E-state index in [0.29, 0.717) is 24.2 Å². The van der Waals surface area contributed by atoms with Gasteiger partial charge in [-0.25, -0.2) is 0 Å². The number of nitrogens with two attached hydrogens (primary N) is 1. The lowest BCUT2D eigenvalue weighted by Crippen LogP contribution is -2.33. The van der Waals surface area contributed by atoms with Crippen molar-refractivity contribution in [1.82, 2.24) is 4.98 Å². The zero-order chi connectivity index (χ0) is 12.2. The summed E-state index contributed by atoms with van der Waals surface area (Å²) in [6.07, 6.45) is 3.59. The summed E-state index contributed by atoms with van der Waals surface area (Å²) in [5, 5.41) is 12.8. The molecule has 0 aliphatic heterocycles. The number of hydrogen-bond acceptors (Lipinski definition) is 4. The van der Waals surface area contributed by atoms with Crippen LogP contribution in [0.15, 0.2) is 18.5 Å². The third kappa shape index (κ3) is 3.20. The molecule has 1 rings (SSSR count). The third-order valence-corrected chi connectivity index (χ3v) is 2.51. The first-order valence-corrected chi connectivity index (χ1v) is 5.16. The number of aliphatic hydroxyl groups is 1. The zero-order valence-electron chi connectivity index (χ0n) is 9.53. The molecule has 0 radical (unpaired) electrons. The quantitative estimate of drug-likeness (QED) is 0.687. The van der Waals surface area contributed by atoms with Gasteiger partial charge < -0.3 is 16.2 Å². The molecule has 0 bridgehead atoms. The van der Waals surface area contributed by atoms with Gasteiger partial charge in [0.1, 0.15) is 0 Å². The van der Waals surface area contributed by atoms with Gasteiger partial charge in [-0.15, -0.1) is 0 Å². The van der Waals surface area contributed by atoms with E-state index in [1.165, 1.54) is 6.20 Å². The van der Waals surface area contributed by atoms with E-state index in [1.54, 1.807) is 19.2 Å². The van der Waals surface area contributed by atoms with Crippen LogP contribution in [-0.2, 0) is 0 Å². The maximum Gasteiger partial charge on any atom is 0.252 e. The van der Waals surface area contributed by atoms with Crippen LogP contribution in [0.3, 0.4) is 0 Å². The molecule has 0 aliphatic rings. The standard InChI is InChI=1S/C11H17N3O2/c1-3-11(2,16)7-14-9-4-5-13-6-8(9)10(12)15/h4-6,16H,3,7H2,1-2H3,(H2,12,15)(H,13,14). The Hall–Kier alpha value is -1.62. The average molecular weight is 223 g/mol. The number of primary amides is 1. The topological polar surface area (TPSA) is 88.2 Å². The van der Waals surface area contributed by atoms with Gasteiger partial charge in [-0.05, 0) is 19.4 Å². The number of rotatable bonds is 5. The van der Waals surface area contributed by atoms with Gasteiger partial charge >= 0.3 is 0 Å². The molecule has 0 aromatic carbocycles. The highest BCUT2D eigenvalue weighted by atomic mass is 16.3. The Labute approximate surface area is 94.7 Å². The number of nitrogens with zero attached hydrogens (tertiary/aromatic N) is 1. The summed E-state index contributed by atoms with van der Waals surface area (Å²) in [7, 11) is 0. The van der Waals surface area contributed by atoms with Crippen LogP contribution in [0.2, 0.25) is 0 Å². The van der Waals surface area contributed by atoms with Crippen molar-refractivity contribution in [2.75, 3.05) is 11.9 Å². The van der Waals surface area contributed by atoms with E-state index in [1.807, 2.05) is 6.92 Å². The molecule has 4 N–H and O–H groups in total. The molecule has 88 valence electrons. The van der Waals surface area contributed by atoms with Gasteiger partial charge in [0.15, 0.2) is 0 Å². The van der Waals surface area contributed by atoms with Crippen LogP contribution in [0.25, 0.3) is 0 Å². The Kier molecular flexibility index (Phi) is 3.84. The minimum Gasteiger partial charge on any atom is -0.388 e. The molecular weight excluding hydrogens is 206 g/mol. The van der Waals surface area contributed by atoms with Gasteiger partial charge in [-0.2, -0.15) is 0 Å². The molecule has 1 aromatic heterocycles. The van der Waals surface area contributed by atoms with Crippen molar-refractivity contribution < 1.29 is 9.90 Å². The van der Waals surface area contributed by atoms with Gasteiger partial charge in [-0.3, -0.25) is 9.78 Å². The van der Waals surface area contributed by atoms with Crippen LogP contribution in [0.5, 0.6) is 0 Å². The molecule has 1 heterocycles. The summed E-state index contributed by atoms with van der Waals surface area (Å²) in [6, 6.07) is 1.66. The highest BCUT2D eigenvalue weighted by Gasteiger charge is 2.18. The molecule has 16 heavy (non-hydrogen) atoms. The lowest BCUT2D eigenvalue weighted by atomic mass is 10.0. The average Bonchev–Trinajstić information content (AvgIpc) is 2.27. The predicted octanol–water partition coefficient (Wildman–Crippen LogP) is 0.753. The van der Waals surface area contributed by atoms with E-state index >= 15 is 0 Å². The number of nitrogens with one attached hydrogen (secondary N) is 1. The number of anilines is 1. The summed E-state index contributed by atoms with van der Waals surface area (Å²) >= 11 is 0. The van der Waals surface area contributed by atoms with E-state index in [0.717, 1.165) is 0 Å². The Morgan fingerprint density at radius 2 is 2.38 bits per heavy atom. The van der Waals surface area contributed by atoms with E-state index in [9.17, 15) is 9.90 Å². The van der Waals surface area contributed by atoms with Gasteiger partial charge in [0.05, 0.1) is 16.9 Å². The highest BCUT2D eigenvalue weighted by molar-refractivity contribution is 5.98. The first-order valence-electron chi connectivity index (χ1n) is 5.16. The first kappa shape index (κ1) is 12.4. The maximum atomic E-state index is 11.1. The number of aromatic nitrogens is 1. The third-order valence-electron chi connectivity index (χ3n) is 2.51. The predicted molar refractivity (Wildman–Crippen MR) is 62.2 cm³/mol. The Balaban J connectivity index is 2.78. The van der Waals surface area contributed by atoms with E-state index in [2.05, 4.69) is 10.3 Å². The van der Waals surface area contributed by atoms with E-state index in [-0.39, 0.29) is 0 Å². The Morgan fingerprint density at radius 3 is 2.94 bits per heavy atom. The lowest BCUT2D eigenvalue weighted by molar-refractivity contribution is 0.0696. The van der Waals surface area contributed by atoms with E-state index < -0.39 is 11.5 Å². The molecular formula is C11H17N3O2. The molecule has 0 spiro atoms. The van der Waals surface area contributed by atoms with E-state index in [4.69, 9.17) is 5.73 Å². The number of amides is 1. The van der Waals surface area contributed by atoms with Gasteiger partial charge in [-0.1, -0.05) is 6.92 Å². The molecule has 1 amide bonds. The fourth-order valence-electron chi connectivity index (χ4n) is 1.16. The molecule has 1 atom stereocenters. The molecule has 0 fully saturated rings. The lowest BCUT2D eigenvalue weighted by Gasteiger charge is -2.22. The monoisotopic (exact) mass is 223 g/mol. The summed E-state index contributed by atoms with van der Waals surface area (Å²) in [6.45, 7) is 3.97. The first-order chi connectivity index (χ1) is 7.46. The smallest absolute Gasteiger partial charge is 0.252 e. The second kappa shape index (κ2) is 4.94. The van der Waals surface area contributed by atoms with Gasteiger partial charge in [0.2, 0.25) is 0 Å². The van der Waals surface area contributed by atoms with Gasteiger partial charge in [0, 0.05) is 18.9 Å². The minimum absolute atomic E-state index is 0.328. The largest absolute Gasteiger partial charge is 0.388 e. The highest BCUT2D eigenvalue weighted by Crippen LogP contribution is 2.15. The van der Waals surface area contributed by atoms with Crippen LogP contribution in [-0.4, -0.2) is 28.1 Å². The van der Waals surface area contributed by atoms with Crippen LogP contribution in [0, 0.1) is 0 Å². The minimum atomic E-state index is -0.807. The van der Waals surface area contributed by atoms with Crippen molar-refractivity contribution in [3.8, 4) is 0 Å². The molecule has 5 heteroatoms. The van der Waals surface area contributed by atoms with Crippen molar-refractivity contribution >= 4 is 11.6 Å². The summed E-state index contributed by atoms with van der Waals surface area (Å²) in [5.74, 6) is -0.535. The Morgan fingerprint density at radius 1 is 1.69 bits per heavy atom. The number of carbonyl (C=O) groups is 1. The summed E-state index contributed by atoms with van der Waals surface area (Å²) in [4.78, 5) is 14.9.